The third kappa shape index (κ3) is 6.49. The number of anilines is 1. The molecule has 1 aliphatic rings. The number of carbonyl (C=O) groups is 2. The summed E-state index contributed by atoms with van der Waals surface area (Å²) in [5.74, 6) is -0.797. The van der Waals surface area contributed by atoms with Crippen molar-refractivity contribution in [1.29, 1.82) is 0 Å². The highest BCUT2D eigenvalue weighted by molar-refractivity contribution is 7.17. The summed E-state index contributed by atoms with van der Waals surface area (Å²) in [7, 11) is 0. The number of likely N-dealkylation sites (tertiary alicyclic amines) is 1. The lowest BCUT2D eigenvalue weighted by molar-refractivity contribution is -0.138. The molecule has 2 amide bonds. The standard InChI is InChI=1S/C23H30F3N5O3S/c1-12-9-16(29-14(3)23(24,25)26)27-10-15(12)18-17(21(33)31-8-6-7-13(31)2)30-20(35-18)19(32)28-11-22(4,5)34/h9-10,13-14,34H,6-8,11H2,1-5H3,(H,27,29)(H,28,32)/t13-,14+/m0/s1. The molecule has 35 heavy (non-hydrogen) atoms. The molecule has 12 heteroatoms. The molecule has 0 radical (unpaired) electrons. The molecule has 2 atom stereocenters. The van der Waals surface area contributed by atoms with Crippen molar-refractivity contribution in [2.75, 3.05) is 18.4 Å². The van der Waals surface area contributed by atoms with E-state index in [9.17, 15) is 27.9 Å². The van der Waals surface area contributed by atoms with E-state index in [1.54, 1.807) is 25.7 Å². The van der Waals surface area contributed by atoms with E-state index in [1.807, 2.05) is 6.92 Å². The summed E-state index contributed by atoms with van der Waals surface area (Å²) < 4.78 is 38.8. The first-order valence-electron chi connectivity index (χ1n) is 11.3. The Balaban J connectivity index is 1.98. The van der Waals surface area contributed by atoms with Crippen LogP contribution in [0.2, 0.25) is 0 Å². The number of carbonyl (C=O) groups excluding carboxylic acids is 2. The van der Waals surface area contributed by atoms with Gasteiger partial charge in [0, 0.05) is 30.9 Å². The zero-order chi connectivity index (χ0) is 26.1. The number of pyridine rings is 1. The van der Waals surface area contributed by atoms with Crippen LogP contribution in [0.4, 0.5) is 19.0 Å². The molecular weight excluding hydrogens is 483 g/mol. The minimum absolute atomic E-state index is 0.00841. The maximum Gasteiger partial charge on any atom is 0.408 e. The van der Waals surface area contributed by atoms with Gasteiger partial charge in [0.1, 0.15) is 17.6 Å². The van der Waals surface area contributed by atoms with Gasteiger partial charge >= 0.3 is 6.18 Å². The van der Waals surface area contributed by atoms with Gasteiger partial charge in [0.25, 0.3) is 11.8 Å². The predicted molar refractivity (Wildman–Crippen MR) is 128 cm³/mol. The number of nitrogens with one attached hydrogen (secondary N) is 2. The Bertz CT molecular complexity index is 1100. The molecule has 0 spiro atoms. The number of hydrogen-bond acceptors (Lipinski definition) is 7. The van der Waals surface area contributed by atoms with Crippen molar-refractivity contribution in [2.24, 2.45) is 0 Å². The monoisotopic (exact) mass is 513 g/mol. The molecule has 3 N–H and O–H groups in total. The van der Waals surface area contributed by atoms with E-state index in [2.05, 4.69) is 20.6 Å². The first kappa shape index (κ1) is 26.9. The molecule has 3 rings (SSSR count). The van der Waals surface area contributed by atoms with Crippen LogP contribution >= 0.6 is 11.3 Å². The molecule has 0 unspecified atom stereocenters. The molecule has 2 aromatic rings. The molecular formula is C23H30F3N5O3S. The minimum Gasteiger partial charge on any atom is -0.389 e. The third-order valence-electron chi connectivity index (χ3n) is 5.73. The fraction of sp³-hybridized carbons (Fsp3) is 0.565. The van der Waals surface area contributed by atoms with Gasteiger partial charge in [-0.05, 0) is 59.1 Å². The topological polar surface area (TPSA) is 107 Å². The van der Waals surface area contributed by atoms with Crippen LogP contribution in [0.15, 0.2) is 12.3 Å². The van der Waals surface area contributed by atoms with E-state index < -0.39 is 23.7 Å². The van der Waals surface area contributed by atoms with E-state index in [4.69, 9.17) is 0 Å². The molecule has 0 bridgehead atoms. The minimum atomic E-state index is -4.43. The first-order valence-corrected chi connectivity index (χ1v) is 12.1. The number of aromatic nitrogens is 2. The van der Waals surface area contributed by atoms with Crippen LogP contribution in [0.1, 0.15) is 66.4 Å². The van der Waals surface area contributed by atoms with Gasteiger partial charge in [-0.2, -0.15) is 13.2 Å². The number of nitrogens with zero attached hydrogens (tertiary/aromatic N) is 3. The van der Waals surface area contributed by atoms with E-state index >= 15 is 0 Å². The second kappa shape index (κ2) is 10.1. The number of hydrogen-bond donors (Lipinski definition) is 3. The molecule has 0 aromatic carbocycles. The maximum absolute atomic E-state index is 13.4. The Morgan fingerprint density at radius 1 is 1.34 bits per heavy atom. The smallest absolute Gasteiger partial charge is 0.389 e. The number of thiazole rings is 1. The van der Waals surface area contributed by atoms with Crippen molar-refractivity contribution >= 4 is 29.0 Å². The molecule has 2 aromatic heterocycles. The highest BCUT2D eigenvalue weighted by Crippen LogP contribution is 2.35. The Kier molecular flexibility index (Phi) is 7.75. The quantitative estimate of drug-likeness (QED) is 0.517. The summed E-state index contributed by atoms with van der Waals surface area (Å²) in [6, 6.07) is -0.291. The van der Waals surface area contributed by atoms with Crippen LogP contribution in [-0.4, -0.2) is 68.7 Å². The van der Waals surface area contributed by atoms with E-state index in [-0.39, 0.29) is 35.0 Å². The summed E-state index contributed by atoms with van der Waals surface area (Å²) in [5.41, 5.74) is 0.0550. The van der Waals surface area contributed by atoms with Gasteiger partial charge in [-0.25, -0.2) is 9.97 Å². The van der Waals surface area contributed by atoms with Gasteiger partial charge in [-0.15, -0.1) is 11.3 Å². The molecule has 1 fully saturated rings. The largest absolute Gasteiger partial charge is 0.408 e. The summed E-state index contributed by atoms with van der Waals surface area (Å²) in [5, 5.41) is 14.9. The van der Waals surface area contributed by atoms with Crippen LogP contribution in [0.5, 0.6) is 0 Å². The van der Waals surface area contributed by atoms with Crippen molar-refractivity contribution in [3.63, 3.8) is 0 Å². The molecule has 0 saturated carbocycles. The van der Waals surface area contributed by atoms with E-state index in [1.165, 1.54) is 12.3 Å². The molecule has 1 aliphatic heterocycles. The maximum atomic E-state index is 13.4. The summed E-state index contributed by atoms with van der Waals surface area (Å²) in [4.78, 5) is 36.7. The zero-order valence-electron chi connectivity index (χ0n) is 20.3. The van der Waals surface area contributed by atoms with Crippen molar-refractivity contribution < 1.29 is 27.9 Å². The second-order valence-electron chi connectivity index (χ2n) is 9.47. The van der Waals surface area contributed by atoms with Crippen molar-refractivity contribution in [3.05, 3.63) is 28.5 Å². The van der Waals surface area contributed by atoms with Crippen molar-refractivity contribution in [3.8, 4) is 10.4 Å². The van der Waals surface area contributed by atoms with Gasteiger partial charge in [0.2, 0.25) is 0 Å². The Hall–Kier alpha value is -2.73. The number of halogens is 3. The van der Waals surface area contributed by atoms with E-state index in [0.29, 0.717) is 22.5 Å². The number of rotatable bonds is 7. The Morgan fingerprint density at radius 2 is 2.03 bits per heavy atom. The SMILES string of the molecule is Cc1cc(N[C@H](C)C(F)(F)F)ncc1-c1sc(C(=O)NCC(C)(C)O)nc1C(=O)N1CCC[C@@H]1C. The third-order valence-corrected chi connectivity index (χ3v) is 6.82. The summed E-state index contributed by atoms with van der Waals surface area (Å²) in [6.07, 6.45) is -1.31. The lowest BCUT2D eigenvalue weighted by Gasteiger charge is -2.21. The first-order chi connectivity index (χ1) is 16.2. The van der Waals surface area contributed by atoms with Gasteiger partial charge in [0.05, 0.1) is 10.5 Å². The highest BCUT2D eigenvalue weighted by atomic mass is 32.1. The normalized spacial score (nSPS) is 17.4. The molecule has 1 saturated heterocycles. The van der Waals surface area contributed by atoms with Gasteiger partial charge in [-0.3, -0.25) is 9.59 Å². The lowest BCUT2D eigenvalue weighted by Crippen LogP contribution is -2.38. The van der Waals surface area contributed by atoms with Crippen LogP contribution in [0.3, 0.4) is 0 Å². The van der Waals surface area contributed by atoms with E-state index in [0.717, 1.165) is 31.1 Å². The van der Waals surface area contributed by atoms with Gasteiger partial charge < -0.3 is 20.6 Å². The average Bonchev–Trinajstić information content (AvgIpc) is 3.37. The summed E-state index contributed by atoms with van der Waals surface area (Å²) >= 11 is 1.01. The number of amides is 2. The molecule has 0 aliphatic carbocycles. The molecule has 8 nitrogen and oxygen atoms in total. The summed E-state index contributed by atoms with van der Waals surface area (Å²) in [6.45, 7) is 8.31. The number of aryl methyl sites for hydroxylation is 1. The second-order valence-corrected chi connectivity index (χ2v) is 10.5. The lowest BCUT2D eigenvalue weighted by atomic mass is 10.1. The van der Waals surface area contributed by atoms with Gasteiger partial charge in [-0.1, -0.05) is 0 Å². The van der Waals surface area contributed by atoms with Crippen LogP contribution < -0.4 is 10.6 Å². The number of alkyl halides is 3. The highest BCUT2D eigenvalue weighted by Gasteiger charge is 2.36. The van der Waals surface area contributed by atoms with Crippen LogP contribution in [0.25, 0.3) is 10.4 Å². The molecule has 192 valence electrons. The van der Waals surface area contributed by atoms with Gasteiger partial charge in [0.15, 0.2) is 5.01 Å². The van der Waals surface area contributed by atoms with Crippen molar-refractivity contribution in [2.45, 2.75) is 71.3 Å². The van der Waals surface area contributed by atoms with Crippen LogP contribution in [0, 0.1) is 6.92 Å². The average molecular weight is 514 g/mol. The fourth-order valence-electron chi connectivity index (χ4n) is 3.66. The van der Waals surface area contributed by atoms with Crippen molar-refractivity contribution in [1.82, 2.24) is 20.2 Å². The fourth-order valence-corrected chi connectivity index (χ4v) is 4.71. The predicted octanol–water partition coefficient (Wildman–Crippen LogP) is 4.00. The molecule has 3 heterocycles. The Morgan fingerprint density at radius 3 is 2.57 bits per heavy atom. The zero-order valence-corrected chi connectivity index (χ0v) is 21.1. The number of aliphatic hydroxyl groups is 1. The Labute approximate surface area is 206 Å². The van der Waals surface area contributed by atoms with Crippen LogP contribution in [-0.2, 0) is 0 Å².